The van der Waals surface area contributed by atoms with Crippen molar-refractivity contribution in [2.24, 2.45) is 5.92 Å². The first-order chi connectivity index (χ1) is 12.5. The van der Waals surface area contributed by atoms with E-state index in [1.165, 1.54) is 12.3 Å². The number of amides is 1. The minimum Gasteiger partial charge on any atom is -0.465 e. The highest BCUT2D eigenvalue weighted by molar-refractivity contribution is 6.33. The zero-order chi connectivity index (χ0) is 18.5. The fraction of sp³-hybridized carbons (Fsp3) is 0.389. The van der Waals surface area contributed by atoms with Crippen LogP contribution in [0.2, 0.25) is 5.02 Å². The van der Waals surface area contributed by atoms with Crippen LogP contribution in [-0.2, 0) is 0 Å². The minimum absolute atomic E-state index is 0.262. The summed E-state index contributed by atoms with van der Waals surface area (Å²) < 4.78 is 13.4. The van der Waals surface area contributed by atoms with E-state index >= 15 is 0 Å². The fourth-order valence-electron chi connectivity index (χ4n) is 3.22. The molecule has 1 saturated carbocycles. The second kappa shape index (κ2) is 8.31. The quantitative estimate of drug-likeness (QED) is 0.679. The van der Waals surface area contributed by atoms with Crippen molar-refractivity contribution in [3.8, 4) is 11.3 Å². The normalized spacial score (nSPS) is 19.8. The molecule has 0 aromatic carbocycles. The lowest BCUT2D eigenvalue weighted by Gasteiger charge is -2.29. The van der Waals surface area contributed by atoms with Crippen LogP contribution in [0, 0.1) is 11.9 Å². The van der Waals surface area contributed by atoms with Gasteiger partial charge in [0.05, 0.1) is 10.7 Å². The summed E-state index contributed by atoms with van der Waals surface area (Å²) in [6.45, 7) is 0.497. The highest BCUT2D eigenvalue weighted by Crippen LogP contribution is 2.30. The Bertz CT molecular complexity index is 782. The van der Waals surface area contributed by atoms with Crippen LogP contribution in [0.1, 0.15) is 25.7 Å². The molecule has 0 aliphatic heterocycles. The number of carbonyl (C=O) groups is 1. The monoisotopic (exact) mass is 378 g/mol. The summed E-state index contributed by atoms with van der Waals surface area (Å²) in [5.74, 6) is 0.482. The predicted molar refractivity (Wildman–Crippen MR) is 97.8 cm³/mol. The van der Waals surface area contributed by atoms with Gasteiger partial charge in [-0.3, -0.25) is 0 Å². The molecule has 0 saturated heterocycles. The Labute approximate surface area is 155 Å². The topological polar surface area (TPSA) is 87.1 Å². The molecular weight excluding hydrogens is 359 g/mol. The maximum Gasteiger partial charge on any atom is 0.404 e. The number of aromatic nitrogens is 2. The average Bonchev–Trinajstić information content (AvgIpc) is 2.62. The molecule has 0 atom stereocenters. The third-order valence-electron chi connectivity index (χ3n) is 4.59. The van der Waals surface area contributed by atoms with E-state index in [4.69, 9.17) is 16.7 Å². The summed E-state index contributed by atoms with van der Waals surface area (Å²) in [5, 5.41) is 14.9. The van der Waals surface area contributed by atoms with Crippen LogP contribution in [-0.4, -0.2) is 33.8 Å². The molecule has 138 valence electrons. The first kappa shape index (κ1) is 18.4. The molecule has 26 heavy (non-hydrogen) atoms. The van der Waals surface area contributed by atoms with Gasteiger partial charge in [0.15, 0.2) is 0 Å². The van der Waals surface area contributed by atoms with Crippen molar-refractivity contribution in [1.29, 1.82) is 0 Å². The van der Waals surface area contributed by atoms with E-state index < -0.39 is 12.0 Å². The smallest absolute Gasteiger partial charge is 0.404 e. The van der Waals surface area contributed by atoms with E-state index in [2.05, 4.69) is 20.6 Å². The molecule has 2 heterocycles. The molecule has 6 nitrogen and oxygen atoms in total. The van der Waals surface area contributed by atoms with Gasteiger partial charge in [-0.1, -0.05) is 17.7 Å². The molecule has 0 unspecified atom stereocenters. The molecule has 1 aliphatic carbocycles. The zero-order valence-corrected chi connectivity index (χ0v) is 14.8. The second-order valence-electron chi connectivity index (χ2n) is 6.44. The van der Waals surface area contributed by atoms with Gasteiger partial charge >= 0.3 is 6.09 Å². The average molecular weight is 379 g/mol. The van der Waals surface area contributed by atoms with Gasteiger partial charge in [0.1, 0.15) is 5.82 Å². The van der Waals surface area contributed by atoms with Gasteiger partial charge in [-0.05, 0) is 49.8 Å². The predicted octanol–water partition coefficient (Wildman–Crippen LogP) is 4.17. The number of halogens is 2. The van der Waals surface area contributed by atoms with Crippen molar-refractivity contribution >= 4 is 23.5 Å². The largest absolute Gasteiger partial charge is 0.465 e. The molecule has 1 aliphatic rings. The first-order valence-electron chi connectivity index (χ1n) is 8.53. The van der Waals surface area contributed by atoms with Crippen molar-refractivity contribution in [3.63, 3.8) is 0 Å². The number of pyridine rings is 2. The van der Waals surface area contributed by atoms with Gasteiger partial charge in [-0.25, -0.2) is 14.8 Å². The maximum atomic E-state index is 13.4. The van der Waals surface area contributed by atoms with E-state index in [1.54, 1.807) is 18.2 Å². The number of nitrogens with zero attached hydrogens (tertiary/aromatic N) is 2. The molecule has 2 aromatic rings. The van der Waals surface area contributed by atoms with E-state index in [9.17, 15) is 9.18 Å². The molecule has 1 fully saturated rings. The number of nitrogens with one attached hydrogen (secondary N) is 2. The highest BCUT2D eigenvalue weighted by atomic mass is 35.5. The summed E-state index contributed by atoms with van der Waals surface area (Å²) in [4.78, 5) is 18.8. The van der Waals surface area contributed by atoms with Crippen LogP contribution in [0.25, 0.3) is 11.3 Å². The Kier molecular flexibility index (Phi) is 5.88. The van der Waals surface area contributed by atoms with Crippen molar-refractivity contribution in [3.05, 3.63) is 41.4 Å². The Hall–Kier alpha value is -2.41. The minimum atomic E-state index is -0.978. The van der Waals surface area contributed by atoms with E-state index in [-0.39, 0.29) is 6.04 Å². The molecule has 3 rings (SSSR count). The molecule has 8 heteroatoms. The number of hydrogen-bond acceptors (Lipinski definition) is 4. The SMILES string of the molecule is O=C(O)NCC1CCC(Nc2cc(-c3cccc(F)n3)c(Cl)cn2)CC1. The molecular formula is C18H20ClFN4O2. The van der Waals surface area contributed by atoms with E-state index in [1.807, 2.05) is 0 Å². The van der Waals surface area contributed by atoms with Crippen LogP contribution in [0.15, 0.2) is 30.5 Å². The Morgan fingerprint density at radius 1 is 1.31 bits per heavy atom. The fourth-order valence-corrected chi connectivity index (χ4v) is 3.42. The van der Waals surface area contributed by atoms with E-state index in [0.717, 1.165) is 25.7 Å². The molecule has 0 radical (unpaired) electrons. The standard InChI is InChI=1S/C18H20ClFN4O2/c19-14-10-21-17(8-13(14)15-2-1-3-16(20)24-15)23-12-6-4-11(5-7-12)9-22-18(25)26/h1-3,8,10-12,22H,4-7,9H2,(H,21,23)(H,25,26). The summed E-state index contributed by atoms with van der Waals surface area (Å²) >= 11 is 6.20. The van der Waals surface area contributed by atoms with Crippen LogP contribution < -0.4 is 10.6 Å². The summed E-state index contributed by atoms with van der Waals surface area (Å²) in [6, 6.07) is 6.62. The summed E-state index contributed by atoms with van der Waals surface area (Å²) in [6.07, 6.45) is 4.32. The molecule has 3 N–H and O–H groups in total. The van der Waals surface area contributed by atoms with E-state index in [0.29, 0.717) is 34.6 Å². The summed E-state index contributed by atoms with van der Waals surface area (Å²) in [5.41, 5.74) is 1.09. The van der Waals surface area contributed by atoms with Crippen LogP contribution >= 0.6 is 11.6 Å². The Morgan fingerprint density at radius 2 is 2.08 bits per heavy atom. The highest BCUT2D eigenvalue weighted by Gasteiger charge is 2.22. The molecule has 1 amide bonds. The zero-order valence-electron chi connectivity index (χ0n) is 14.1. The van der Waals surface area contributed by atoms with Crippen LogP contribution in [0.4, 0.5) is 15.0 Å². The molecule has 0 spiro atoms. The van der Waals surface area contributed by atoms with Gasteiger partial charge < -0.3 is 15.7 Å². The lowest BCUT2D eigenvalue weighted by atomic mass is 9.86. The second-order valence-corrected chi connectivity index (χ2v) is 6.85. The van der Waals surface area contributed by atoms with Crippen molar-refractivity contribution in [2.45, 2.75) is 31.7 Å². The number of rotatable bonds is 5. The number of hydrogen-bond donors (Lipinski definition) is 3. The van der Waals surface area contributed by atoms with Gasteiger partial charge in [0.25, 0.3) is 0 Å². The van der Waals surface area contributed by atoms with Crippen molar-refractivity contribution < 1.29 is 14.3 Å². The van der Waals surface area contributed by atoms with Gasteiger partial charge in [0.2, 0.25) is 5.95 Å². The Balaban J connectivity index is 1.63. The van der Waals surface area contributed by atoms with Gasteiger partial charge in [-0.15, -0.1) is 0 Å². The van der Waals surface area contributed by atoms with Crippen LogP contribution in [0.5, 0.6) is 0 Å². The maximum absolute atomic E-state index is 13.4. The number of carboxylic acid groups (broad SMARTS) is 1. The third kappa shape index (κ3) is 4.82. The first-order valence-corrected chi connectivity index (χ1v) is 8.91. The van der Waals surface area contributed by atoms with Gasteiger partial charge in [-0.2, -0.15) is 4.39 Å². The lowest BCUT2D eigenvalue weighted by Crippen LogP contribution is -2.33. The van der Waals surface area contributed by atoms with Crippen molar-refractivity contribution in [1.82, 2.24) is 15.3 Å². The van der Waals surface area contributed by atoms with Gasteiger partial charge in [0, 0.05) is 24.3 Å². The molecule has 0 bridgehead atoms. The van der Waals surface area contributed by atoms with Crippen molar-refractivity contribution in [2.75, 3.05) is 11.9 Å². The third-order valence-corrected chi connectivity index (χ3v) is 4.89. The Morgan fingerprint density at radius 3 is 2.77 bits per heavy atom. The number of anilines is 1. The summed E-state index contributed by atoms with van der Waals surface area (Å²) in [7, 11) is 0. The molecule has 2 aromatic heterocycles. The lowest BCUT2D eigenvalue weighted by molar-refractivity contribution is 0.190. The van der Waals surface area contributed by atoms with Crippen LogP contribution in [0.3, 0.4) is 0 Å².